The fourth-order valence-electron chi connectivity index (χ4n) is 3.34. The number of carbonyl (C=O) groups is 1. The maximum Gasteiger partial charge on any atom is 0.416 e. The Bertz CT molecular complexity index is 1270. The van der Waals surface area contributed by atoms with Gasteiger partial charge in [-0.25, -0.2) is 9.97 Å². The summed E-state index contributed by atoms with van der Waals surface area (Å²) in [7, 11) is 0. The fourth-order valence-corrected chi connectivity index (χ4v) is 4.27. The SMILES string of the molecule is Cc1nc(-c2cncc(CCc3ccc(C(F)(F)F)cc3)n2)sc1C(=O)NCc1ccccc1. The molecule has 9 heteroatoms. The zero-order chi connectivity index (χ0) is 24.1. The van der Waals surface area contributed by atoms with Gasteiger partial charge >= 0.3 is 6.18 Å². The number of carbonyl (C=O) groups excluding carboxylic acids is 1. The molecule has 174 valence electrons. The number of alkyl halides is 3. The number of hydrogen-bond acceptors (Lipinski definition) is 5. The molecule has 0 saturated carbocycles. The molecule has 1 amide bonds. The second-order valence-electron chi connectivity index (χ2n) is 7.69. The van der Waals surface area contributed by atoms with Crippen LogP contribution in [-0.2, 0) is 25.6 Å². The van der Waals surface area contributed by atoms with Crippen molar-refractivity contribution >= 4 is 17.2 Å². The summed E-state index contributed by atoms with van der Waals surface area (Å²) in [5.41, 5.74) is 2.98. The monoisotopic (exact) mass is 482 g/mol. The number of aromatic nitrogens is 3. The van der Waals surface area contributed by atoms with Crippen LogP contribution in [0.15, 0.2) is 67.0 Å². The van der Waals surface area contributed by atoms with Crippen molar-refractivity contribution in [3.05, 3.63) is 99.9 Å². The molecule has 0 aliphatic rings. The lowest BCUT2D eigenvalue weighted by atomic mass is 10.1. The molecule has 4 rings (SSSR count). The Morgan fingerprint density at radius 1 is 0.941 bits per heavy atom. The summed E-state index contributed by atoms with van der Waals surface area (Å²) in [5.74, 6) is -0.198. The Balaban J connectivity index is 1.42. The van der Waals surface area contributed by atoms with E-state index in [0.29, 0.717) is 46.4 Å². The van der Waals surface area contributed by atoms with Crippen molar-refractivity contribution in [1.82, 2.24) is 20.3 Å². The van der Waals surface area contributed by atoms with E-state index in [-0.39, 0.29) is 5.91 Å². The molecule has 2 aromatic carbocycles. The van der Waals surface area contributed by atoms with E-state index in [1.165, 1.54) is 23.5 Å². The van der Waals surface area contributed by atoms with Crippen molar-refractivity contribution in [3.63, 3.8) is 0 Å². The number of nitrogens with zero attached hydrogens (tertiary/aromatic N) is 3. The fraction of sp³-hybridized carbons (Fsp3) is 0.200. The molecule has 0 unspecified atom stereocenters. The first-order chi connectivity index (χ1) is 16.3. The van der Waals surface area contributed by atoms with Crippen molar-refractivity contribution in [1.29, 1.82) is 0 Å². The standard InChI is InChI=1S/C25H21F3N4OS/c1-16-22(23(33)30-13-18-5-3-2-4-6-18)34-24(31-16)21-15-29-14-20(32-21)12-9-17-7-10-19(11-8-17)25(26,27)28/h2-8,10-11,14-15H,9,12-13H2,1H3,(H,30,33). The van der Waals surface area contributed by atoms with Gasteiger partial charge < -0.3 is 5.32 Å². The maximum atomic E-state index is 12.7. The van der Waals surface area contributed by atoms with Crippen LogP contribution in [-0.4, -0.2) is 20.9 Å². The highest BCUT2D eigenvalue weighted by molar-refractivity contribution is 7.17. The minimum absolute atomic E-state index is 0.198. The van der Waals surface area contributed by atoms with Gasteiger partial charge in [-0.1, -0.05) is 42.5 Å². The average Bonchev–Trinajstić information content (AvgIpc) is 3.23. The van der Waals surface area contributed by atoms with Crippen molar-refractivity contribution in [2.24, 2.45) is 0 Å². The zero-order valence-corrected chi connectivity index (χ0v) is 19.1. The van der Waals surface area contributed by atoms with E-state index < -0.39 is 11.7 Å². The molecule has 4 aromatic rings. The Kier molecular flexibility index (Phi) is 7.02. The summed E-state index contributed by atoms with van der Waals surface area (Å²) in [4.78, 5) is 26.5. The number of rotatable bonds is 7. The van der Waals surface area contributed by atoms with Gasteiger partial charge in [-0.05, 0) is 43.0 Å². The van der Waals surface area contributed by atoms with E-state index in [0.717, 1.165) is 23.3 Å². The van der Waals surface area contributed by atoms with E-state index in [4.69, 9.17) is 0 Å². The van der Waals surface area contributed by atoms with Crippen molar-refractivity contribution in [2.45, 2.75) is 32.5 Å². The van der Waals surface area contributed by atoms with E-state index >= 15 is 0 Å². The average molecular weight is 483 g/mol. The Hall–Kier alpha value is -3.59. The van der Waals surface area contributed by atoms with Gasteiger partial charge in [-0.3, -0.25) is 9.78 Å². The van der Waals surface area contributed by atoms with Gasteiger partial charge in [0.2, 0.25) is 0 Å². The third-order valence-electron chi connectivity index (χ3n) is 5.15. The lowest BCUT2D eigenvalue weighted by Crippen LogP contribution is -2.22. The van der Waals surface area contributed by atoms with Crippen LogP contribution in [0.2, 0.25) is 0 Å². The molecular weight excluding hydrogens is 461 g/mol. The predicted molar refractivity (Wildman–Crippen MR) is 124 cm³/mol. The van der Waals surface area contributed by atoms with E-state index in [1.807, 2.05) is 30.3 Å². The van der Waals surface area contributed by atoms with Crippen LogP contribution in [0.3, 0.4) is 0 Å². The highest BCUT2D eigenvalue weighted by Crippen LogP contribution is 2.29. The Labute approximate surface area is 198 Å². The van der Waals surface area contributed by atoms with Crippen LogP contribution < -0.4 is 5.32 Å². The summed E-state index contributed by atoms with van der Waals surface area (Å²) < 4.78 is 38.2. The van der Waals surface area contributed by atoms with Gasteiger partial charge in [-0.2, -0.15) is 13.2 Å². The van der Waals surface area contributed by atoms with Crippen molar-refractivity contribution in [2.75, 3.05) is 0 Å². The van der Waals surface area contributed by atoms with Crippen molar-refractivity contribution < 1.29 is 18.0 Å². The molecule has 34 heavy (non-hydrogen) atoms. The molecule has 5 nitrogen and oxygen atoms in total. The summed E-state index contributed by atoms with van der Waals surface area (Å²) in [6, 6.07) is 14.8. The van der Waals surface area contributed by atoms with Crippen LogP contribution >= 0.6 is 11.3 Å². The van der Waals surface area contributed by atoms with Gasteiger partial charge in [0, 0.05) is 12.7 Å². The molecule has 0 saturated heterocycles. The second-order valence-corrected chi connectivity index (χ2v) is 8.69. The molecule has 0 aliphatic carbocycles. The third-order valence-corrected chi connectivity index (χ3v) is 6.33. The minimum Gasteiger partial charge on any atom is -0.347 e. The summed E-state index contributed by atoms with van der Waals surface area (Å²) in [5, 5.41) is 3.50. The van der Waals surface area contributed by atoms with Crippen LogP contribution in [0.4, 0.5) is 13.2 Å². The summed E-state index contributed by atoms with van der Waals surface area (Å²) >= 11 is 1.25. The molecule has 1 N–H and O–H groups in total. The molecule has 0 fully saturated rings. The van der Waals surface area contributed by atoms with Gasteiger partial charge in [0.05, 0.1) is 23.1 Å². The largest absolute Gasteiger partial charge is 0.416 e. The Morgan fingerprint density at radius 3 is 2.38 bits per heavy atom. The van der Waals surface area contributed by atoms with Crippen LogP contribution in [0.1, 0.15) is 37.7 Å². The van der Waals surface area contributed by atoms with Crippen molar-refractivity contribution in [3.8, 4) is 10.7 Å². The molecule has 0 radical (unpaired) electrons. The predicted octanol–water partition coefficient (Wildman–Crippen LogP) is 5.64. The van der Waals surface area contributed by atoms with E-state index in [1.54, 1.807) is 19.3 Å². The number of nitrogens with one attached hydrogen (secondary N) is 1. The lowest BCUT2D eigenvalue weighted by Gasteiger charge is -2.07. The highest BCUT2D eigenvalue weighted by atomic mass is 32.1. The Morgan fingerprint density at radius 2 is 1.68 bits per heavy atom. The first-order valence-electron chi connectivity index (χ1n) is 10.6. The molecule has 2 aromatic heterocycles. The summed E-state index contributed by atoms with van der Waals surface area (Å²) in [6.07, 6.45) is -0.0875. The molecule has 0 atom stereocenters. The first kappa shape index (κ1) is 23.6. The summed E-state index contributed by atoms with van der Waals surface area (Å²) in [6.45, 7) is 2.20. The number of aryl methyl sites for hydroxylation is 3. The topological polar surface area (TPSA) is 67.8 Å². The lowest BCUT2D eigenvalue weighted by molar-refractivity contribution is -0.137. The maximum absolute atomic E-state index is 12.7. The molecule has 0 bridgehead atoms. The first-order valence-corrected chi connectivity index (χ1v) is 11.4. The smallest absolute Gasteiger partial charge is 0.347 e. The number of benzene rings is 2. The van der Waals surface area contributed by atoms with Gasteiger partial charge in [0.15, 0.2) is 0 Å². The molecule has 0 spiro atoms. The normalized spacial score (nSPS) is 11.4. The van der Waals surface area contributed by atoms with E-state index in [2.05, 4.69) is 20.3 Å². The number of halogens is 3. The number of amides is 1. The number of thiazole rings is 1. The molecular formula is C25H21F3N4OS. The van der Waals surface area contributed by atoms with Crippen LogP contribution in [0.25, 0.3) is 10.7 Å². The zero-order valence-electron chi connectivity index (χ0n) is 18.3. The highest BCUT2D eigenvalue weighted by Gasteiger charge is 2.29. The third kappa shape index (κ3) is 5.85. The minimum atomic E-state index is -4.35. The van der Waals surface area contributed by atoms with Gasteiger partial charge in [0.25, 0.3) is 5.91 Å². The van der Waals surface area contributed by atoms with Crippen LogP contribution in [0, 0.1) is 6.92 Å². The quantitative estimate of drug-likeness (QED) is 0.370. The number of hydrogen-bond donors (Lipinski definition) is 1. The van der Waals surface area contributed by atoms with Gasteiger partial charge in [0.1, 0.15) is 15.6 Å². The molecule has 2 heterocycles. The second kappa shape index (κ2) is 10.1. The van der Waals surface area contributed by atoms with E-state index in [9.17, 15) is 18.0 Å². The molecule has 0 aliphatic heterocycles. The van der Waals surface area contributed by atoms with Gasteiger partial charge in [-0.15, -0.1) is 11.3 Å². The van der Waals surface area contributed by atoms with Crippen LogP contribution in [0.5, 0.6) is 0 Å².